The van der Waals surface area contributed by atoms with Gasteiger partial charge >= 0.3 is 0 Å². The third kappa shape index (κ3) is 4.22. The zero-order chi connectivity index (χ0) is 21.3. The maximum absolute atomic E-state index is 13.0. The Balaban J connectivity index is 2.01. The molecular weight excluding hydrogens is 436 g/mol. The van der Waals surface area contributed by atoms with Gasteiger partial charge < -0.3 is 5.32 Å². The van der Waals surface area contributed by atoms with Gasteiger partial charge in [0.1, 0.15) is 6.54 Å². The Hall–Kier alpha value is -3.00. The number of nitrogens with zero attached hydrogens (tertiary/aromatic N) is 3. The fraction of sp³-hybridized carbons (Fsp3) is 0.238. The van der Waals surface area contributed by atoms with Crippen LogP contribution in [-0.4, -0.2) is 28.4 Å². The summed E-state index contributed by atoms with van der Waals surface area (Å²) in [5.74, 6) is -0.679. The SMILES string of the molecule is CC(=O)N(C)c1nc2ccccc2n(CC(=O)Nc2cc(C)c(Br)c(C)c2)c1=O. The number of hydrogen-bond acceptors (Lipinski definition) is 4. The van der Waals surface area contributed by atoms with Gasteiger partial charge in [0, 0.05) is 24.1 Å². The van der Waals surface area contributed by atoms with E-state index in [9.17, 15) is 14.4 Å². The summed E-state index contributed by atoms with van der Waals surface area (Å²) in [4.78, 5) is 43.0. The van der Waals surface area contributed by atoms with E-state index in [1.807, 2.05) is 26.0 Å². The van der Waals surface area contributed by atoms with Crippen LogP contribution in [0.2, 0.25) is 0 Å². The molecule has 0 aliphatic rings. The summed E-state index contributed by atoms with van der Waals surface area (Å²) >= 11 is 3.51. The maximum Gasteiger partial charge on any atom is 0.294 e. The average Bonchev–Trinajstić information content (AvgIpc) is 2.67. The Labute approximate surface area is 176 Å². The van der Waals surface area contributed by atoms with E-state index in [1.165, 1.54) is 23.4 Å². The highest BCUT2D eigenvalue weighted by atomic mass is 79.9. The topological polar surface area (TPSA) is 84.3 Å². The minimum atomic E-state index is -0.500. The molecule has 2 aromatic carbocycles. The lowest BCUT2D eigenvalue weighted by Gasteiger charge is -2.17. The quantitative estimate of drug-likeness (QED) is 0.651. The minimum Gasteiger partial charge on any atom is -0.325 e. The molecule has 0 bridgehead atoms. The normalized spacial score (nSPS) is 10.8. The summed E-state index contributed by atoms with van der Waals surface area (Å²) < 4.78 is 2.33. The number of aromatic nitrogens is 2. The number of para-hydroxylation sites is 2. The van der Waals surface area contributed by atoms with Crippen molar-refractivity contribution in [1.82, 2.24) is 9.55 Å². The summed E-state index contributed by atoms with van der Waals surface area (Å²) in [6.45, 7) is 5.04. The third-order valence-electron chi connectivity index (χ3n) is 4.65. The van der Waals surface area contributed by atoms with Crippen LogP contribution in [0.5, 0.6) is 0 Å². The van der Waals surface area contributed by atoms with Crippen molar-refractivity contribution in [3.8, 4) is 0 Å². The molecule has 0 fully saturated rings. The van der Waals surface area contributed by atoms with Gasteiger partial charge in [-0.1, -0.05) is 28.1 Å². The monoisotopic (exact) mass is 456 g/mol. The van der Waals surface area contributed by atoms with E-state index >= 15 is 0 Å². The largest absolute Gasteiger partial charge is 0.325 e. The molecule has 0 saturated heterocycles. The standard InChI is InChI=1S/C21H21BrN4O3/c1-12-9-15(10-13(2)19(12)22)23-18(28)11-26-17-8-6-5-7-16(17)24-20(21(26)29)25(4)14(3)27/h5-10H,11H2,1-4H3,(H,23,28). The molecule has 150 valence electrons. The van der Waals surface area contributed by atoms with Gasteiger partial charge in [0.15, 0.2) is 0 Å². The van der Waals surface area contributed by atoms with E-state index in [0.717, 1.165) is 15.6 Å². The molecule has 0 aliphatic carbocycles. The molecule has 0 spiro atoms. The molecule has 3 rings (SSSR count). The highest BCUT2D eigenvalue weighted by molar-refractivity contribution is 9.10. The Morgan fingerprint density at radius 3 is 2.41 bits per heavy atom. The van der Waals surface area contributed by atoms with Gasteiger partial charge in [0.05, 0.1) is 11.0 Å². The van der Waals surface area contributed by atoms with Gasteiger partial charge in [0.2, 0.25) is 17.6 Å². The second-order valence-electron chi connectivity index (χ2n) is 6.87. The van der Waals surface area contributed by atoms with Gasteiger partial charge in [0.25, 0.3) is 5.56 Å². The van der Waals surface area contributed by atoms with Gasteiger partial charge in [-0.15, -0.1) is 0 Å². The number of benzene rings is 2. The van der Waals surface area contributed by atoms with Gasteiger partial charge in [-0.25, -0.2) is 4.98 Å². The molecule has 3 aromatic rings. The number of rotatable bonds is 4. The van der Waals surface area contributed by atoms with Crippen molar-refractivity contribution in [2.75, 3.05) is 17.3 Å². The molecule has 2 amide bonds. The number of carbonyl (C=O) groups is 2. The lowest BCUT2D eigenvalue weighted by molar-refractivity contribution is -0.117. The average molecular weight is 457 g/mol. The lowest BCUT2D eigenvalue weighted by Crippen LogP contribution is -2.36. The molecule has 0 aliphatic heterocycles. The van der Waals surface area contributed by atoms with Crippen LogP contribution in [0.1, 0.15) is 18.1 Å². The van der Waals surface area contributed by atoms with Crippen LogP contribution in [-0.2, 0) is 16.1 Å². The highest BCUT2D eigenvalue weighted by Crippen LogP contribution is 2.25. The van der Waals surface area contributed by atoms with Crippen molar-refractivity contribution in [3.63, 3.8) is 0 Å². The molecule has 1 N–H and O–H groups in total. The molecule has 7 nitrogen and oxygen atoms in total. The molecule has 1 heterocycles. The minimum absolute atomic E-state index is 0.0145. The summed E-state index contributed by atoms with van der Waals surface area (Å²) in [5.41, 5.74) is 3.20. The van der Waals surface area contributed by atoms with E-state index in [4.69, 9.17) is 0 Å². The second-order valence-corrected chi connectivity index (χ2v) is 7.66. The van der Waals surface area contributed by atoms with Crippen molar-refractivity contribution in [3.05, 3.63) is 62.4 Å². The lowest BCUT2D eigenvalue weighted by atomic mass is 10.1. The Kier molecular flexibility index (Phi) is 5.83. The molecule has 1 aromatic heterocycles. The number of fused-ring (bicyclic) bond motifs is 1. The van der Waals surface area contributed by atoms with Crippen LogP contribution in [0.25, 0.3) is 11.0 Å². The Morgan fingerprint density at radius 1 is 1.17 bits per heavy atom. The number of anilines is 2. The fourth-order valence-electron chi connectivity index (χ4n) is 3.07. The van der Waals surface area contributed by atoms with E-state index in [2.05, 4.69) is 26.2 Å². The van der Waals surface area contributed by atoms with E-state index in [-0.39, 0.29) is 24.2 Å². The molecule has 0 atom stereocenters. The van der Waals surface area contributed by atoms with Crippen LogP contribution < -0.4 is 15.8 Å². The number of amides is 2. The summed E-state index contributed by atoms with van der Waals surface area (Å²) in [7, 11) is 1.48. The van der Waals surface area contributed by atoms with Crippen LogP contribution in [0.15, 0.2) is 45.7 Å². The Morgan fingerprint density at radius 2 is 1.79 bits per heavy atom. The van der Waals surface area contributed by atoms with Gasteiger partial charge in [-0.3, -0.25) is 23.9 Å². The number of hydrogen-bond donors (Lipinski definition) is 1. The summed E-state index contributed by atoms with van der Waals surface area (Å²) in [6.07, 6.45) is 0. The maximum atomic E-state index is 13.0. The van der Waals surface area contributed by atoms with Crippen molar-refractivity contribution >= 4 is 50.3 Å². The van der Waals surface area contributed by atoms with Gasteiger partial charge in [-0.2, -0.15) is 0 Å². The molecule has 0 unspecified atom stereocenters. The van der Waals surface area contributed by atoms with Crippen molar-refractivity contribution in [2.45, 2.75) is 27.3 Å². The van der Waals surface area contributed by atoms with Gasteiger partial charge in [-0.05, 0) is 49.2 Å². The first-order chi connectivity index (χ1) is 13.7. The first-order valence-corrected chi connectivity index (χ1v) is 9.79. The molecule has 29 heavy (non-hydrogen) atoms. The van der Waals surface area contributed by atoms with Crippen LogP contribution in [0.3, 0.4) is 0 Å². The van der Waals surface area contributed by atoms with E-state index in [0.29, 0.717) is 16.7 Å². The predicted octanol–water partition coefficient (Wildman–Crippen LogP) is 3.40. The van der Waals surface area contributed by atoms with Crippen molar-refractivity contribution < 1.29 is 9.59 Å². The predicted molar refractivity (Wildman–Crippen MR) is 117 cm³/mol. The van der Waals surface area contributed by atoms with Crippen molar-refractivity contribution in [2.24, 2.45) is 0 Å². The first kappa shape index (κ1) is 20.7. The third-order valence-corrected chi connectivity index (χ3v) is 5.90. The molecule has 8 heteroatoms. The highest BCUT2D eigenvalue weighted by Gasteiger charge is 2.18. The number of halogens is 1. The number of aryl methyl sites for hydroxylation is 2. The molecule has 0 radical (unpaired) electrons. The van der Waals surface area contributed by atoms with E-state index in [1.54, 1.807) is 24.3 Å². The van der Waals surface area contributed by atoms with Crippen LogP contribution >= 0.6 is 15.9 Å². The second kappa shape index (κ2) is 8.16. The summed E-state index contributed by atoms with van der Waals surface area (Å²) in [6, 6.07) is 10.7. The Bertz CT molecular complexity index is 1160. The zero-order valence-corrected chi connectivity index (χ0v) is 18.2. The van der Waals surface area contributed by atoms with Crippen molar-refractivity contribution in [1.29, 1.82) is 0 Å². The number of nitrogens with one attached hydrogen (secondary N) is 1. The fourth-order valence-corrected chi connectivity index (χ4v) is 3.29. The smallest absolute Gasteiger partial charge is 0.294 e. The van der Waals surface area contributed by atoms with E-state index < -0.39 is 5.56 Å². The summed E-state index contributed by atoms with van der Waals surface area (Å²) in [5, 5.41) is 2.84. The molecular formula is C21H21BrN4O3. The van der Waals surface area contributed by atoms with Crippen LogP contribution in [0.4, 0.5) is 11.5 Å². The zero-order valence-electron chi connectivity index (χ0n) is 16.6. The van der Waals surface area contributed by atoms with Crippen LogP contribution in [0, 0.1) is 13.8 Å². The molecule has 0 saturated carbocycles. The number of carbonyl (C=O) groups excluding carboxylic acids is 2. The first-order valence-electron chi connectivity index (χ1n) is 8.99.